The molecule has 1 aromatic rings. The van der Waals surface area contributed by atoms with Gasteiger partial charge in [-0.1, -0.05) is 0 Å². The number of likely N-dealkylation sites (tertiary alicyclic amines) is 1. The largest absolute Gasteiger partial charge is 0.493 e. The lowest BCUT2D eigenvalue weighted by Gasteiger charge is -2.34. The van der Waals surface area contributed by atoms with E-state index in [-0.39, 0.29) is 24.2 Å². The number of amides is 2. The molecule has 8 nitrogen and oxygen atoms in total. The number of benzene rings is 1. The molecule has 0 N–H and O–H groups in total. The van der Waals surface area contributed by atoms with Crippen molar-refractivity contribution in [2.24, 2.45) is 0 Å². The van der Waals surface area contributed by atoms with E-state index < -0.39 is 0 Å². The molecular formula is C22H32ClN3O5. The summed E-state index contributed by atoms with van der Waals surface area (Å²) in [4.78, 5) is 30.8. The van der Waals surface area contributed by atoms with Gasteiger partial charge in [0.1, 0.15) is 0 Å². The summed E-state index contributed by atoms with van der Waals surface area (Å²) in [6.07, 6.45) is 5.51. The number of carbonyl (C=O) groups is 2. The van der Waals surface area contributed by atoms with Gasteiger partial charge in [0.05, 0.1) is 27.9 Å². The Bertz CT molecular complexity index is 762. The van der Waals surface area contributed by atoms with Crippen LogP contribution in [0.1, 0.15) is 18.4 Å². The van der Waals surface area contributed by atoms with Crippen LogP contribution in [0.2, 0.25) is 0 Å². The molecule has 0 radical (unpaired) electrons. The van der Waals surface area contributed by atoms with Crippen molar-refractivity contribution in [1.29, 1.82) is 0 Å². The van der Waals surface area contributed by atoms with E-state index >= 15 is 0 Å². The molecule has 0 aromatic heterocycles. The van der Waals surface area contributed by atoms with Gasteiger partial charge in [-0.3, -0.25) is 14.5 Å². The van der Waals surface area contributed by atoms with Crippen molar-refractivity contribution in [2.45, 2.75) is 12.8 Å². The van der Waals surface area contributed by atoms with Gasteiger partial charge in [0.15, 0.2) is 11.5 Å². The highest BCUT2D eigenvalue weighted by Gasteiger charge is 2.24. The maximum absolute atomic E-state index is 12.6. The molecule has 2 amide bonds. The third-order valence-electron chi connectivity index (χ3n) is 5.61. The second-order valence-electron chi connectivity index (χ2n) is 7.48. The summed E-state index contributed by atoms with van der Waals surface area (Å²) in [5.74, 6) is 1.76. The number of rotatable bonds is 7. The van der Waals surface area contributed by atoms with Crippen LogP contribution in [0.25, 0.3) is 6.08 Å². The summed E-state index contributed by atoms with van der Waals surface area (Å²) < 4.78 is 16.0. The molecule has 2 aliphatic heterocycles. The summed E-state index contributed by atoms with van der Waals surface area (Å²) >= 11 is 0. The molecule has 0 saturated carbocycles. The predicted molar refractivity (Wildman–Crippen MR) is 121 cm³/mol. The van der Waals surface area contributed by atoms with Crippen molar-refractivity contribution in [3.05, 3.63) is 23.8 Å². The van der Waals surface area contributed by atoms with Crippen LogP contribution < -0.4 is 14.2 Å². The van der Waals surface area contributed by atoms with Gasteiger partial charge in [0, 0.05) is 45.3 Å². The summed E-state index contributed by atoms with van der Waals surface area (Å²) in [6, 6.07) is 3.60. The maximum atomic E-state index is 12.6. The van der Waals surface area contributed by atoms with Crippen LogP contribution in [0.3, 0.4) is 0 Å². The predicted octanol–water partition coefficient (Wildman–Crippen LogP) is 1.91. The Morgan fingerprint density at radius 1 is 0.871 bits per heavy atom. The molecule has 0 bridgehead atoms. The van der Waals surface area contributed by atoms with E-state index in [0.29, 0.717) is 50.0 Å². The lowest BCUT2D eigenvalue weighted by molar-refractivity contribution is -0.132. The van der Waals surface area contributed by atoms with Crippen molar-refractivity contribution in [1.82, 2.24) is 14.7 Å². The number of hydrogen-bond donors (Lipinski definition) is 0. The highest BCUT2D eigenvalue weighted by Crippen LogP contribution is 2.38. The minimum Gasteiger partial charge on any atom is -0.493 e. The van der Waals surface area contributed by atoms with Crippen molar-refractivity contribution in [3.8, 4) is 17.2 Å². The van der Waals surface area contributed by atoms with Gasteiger partial charge >= 0.3 is 0 Å². The molecule has 2 saturated heterocycles. The number of ether oxygens (including phenoxy) is 3. The van der Waals surface area contributed by atoms with E-state index in [2.05, 4.69) is 4.90 Å². The maximum Gasteiger partial charge on any atom is 0.246 e. The fourth-order valence-corrected chi connectivity index (χ4v) is 3.85. The van der Waals surface area contributed by atoms with Crippen molar-refractivity contribution in [2.75, 3.05) is 67.1 Å². The van der Waals surface area contributed by atoms with Crippen LogP contribution in [-0.2, 0) is 9.59 Å². The highest BCUT2D eigenvalue weighted by atomic mass is 35.5. The number of methoxy groups -OCH3 is 3. The second-order valence-corrected chi connectivity index (χ2v) is 7.48. The first-order valence-corrected chi connectivity index (χ1v) is 10.3. The van der Waals surface area contributed by atoms with Gasteiger partial charge in [-0.25, -0.2) is 0 Å². The standard InChI is InChI=1S/C22H31N3O5.ClH/c1-28-18-14-17(15-19(29-2)22(18)30-3)6-7-20(26)25-12-10-23(11-13-25)16-21(27)24-8-4-5-9-24;/h6-7,14-15H,4-5,8-13,16H2,1-3H3;1H. The topological polar surface area (TPSA) is 71.6 Å². The summed E-state index contributed by atoms with van der Waals surface area (Å²) in [5, 5.41) is 0. The molecule has 2 heterocycles. The monoisotopic (exact) mass is 453 g/mol. The molecule has 2 fully saturated rings. The molecule has 2 aliphatic rings. The summed E-state index contributed by atoms with van der Waals surface area (Å²) in [5.41, 5.74) is 0.785. The van der Waals surface area contributed by atoms with Gasteiger partial charge in [-0.05, 0) is 36.6 Å². The number of carbonyl (C=O) groups excluding carboxylic acids is 2. The van der Waals surface area contributed by atoms with Crippen LogP contribution in [0, 0.1) is 0 Å². The second kappa shape index (κ2) is 11.8. The van der Waals surface area contributed by atoms with Crippen LogP contribution in [0.4, 0.5) is 0 Å². The molecular weight excluding hydrogens is 422 g/mol. The zero-order valence-electron chi connectivity index (χ0n) is 18.5. The van der Waals surface area contributed by atoms with E-state index in [1.54, 1.807) is 45.6 Å². The van der Waals surface area contributed by atoms with Gasteiger partial charge in [0.2, 0.25) is 17.6 Å². The lowest BCUT2D eigenvalue weighted by atomic mass is 10.1. The average molecular weight is 454 g/mol. The quantitative estimate of drug-likeness (QED) is 0.587. The van der Waals surface area contributed by atoms with Gasteiger partial charge in [-0.2, -0.15) is 0 Å². The van der Waals surface area contributed by atoms with Gasteiger partial charge in [0.25, 0.3) is 0 Å². The fourth-order valence-electron chi connectivity index (χ4n) is 3.85. The van der Waals surface area contributed by atoms with Crippen LogP contribution in [0.15, 0.2) is 18.2 Å². The molecule has 31 heavy (non-hydrogen) atoms. The molecule has 1 aromatic carbocycles. The van der Waals surface area contributed by atoms with Gasteiger partial charge in [-0.15, -0.1) is 12.4 Å². The Morgan fingerprint density at radius 3 is 1.97 bits per heavy atom. The fraction of sp³-hybridized carbons (Fsp3) is 0.545. The van der Waals surface area contributed by atoms with Gasteiger partial charge < -0.3 is 24.0 Å². The number of halogens is 1. The Hall–Kier alpha value is -2.45. The smallest absolute Gasteiger partial charge is 0.246 e. The molecule has 0 spiro atoms. The van der Waals surface area contributed by atoms with E-state index in [4.69, 9.17) is 14.2 Å². The van der Waals surface area contributed by atoms with Crippen molar-refractivity contribution >= 4 is 30.3 Å². The zero-order chi connectivity index (χ0) is 21.5. The summed E-state index contributed by atoms with van der Waals surface area (Å²) in [6.45, 7) is 4.86. The first kappa shape index (κ1) is 24.8. The average Bonchev–Trinajstić information content (AvgIpc) is 3.32. The molecule has 0 atom stereocenters. The zero-order valence-corrected chi connectivity index (χ0v) is 19.3. The lowest BCUT2D eigenvalue weighted by Crippen LogP contribution is -2.51. The molecule has 172 valence electrons. The van der Waals surface area contributed by atoms with Crippen molar-refractivity contribution in [3.63, 3.8) is 0 Å². The number of nitrogens with zero attached hydrogens (tertiary/aromatic N) is 3. The Labute approximate surface area is 190 Å². The first-order chi connectivity index (χ1) is 14.5. The SMILES string of the molecule is COc1cc(C=CC(=O)N2CCN(CC(=O)N3CCCC3)CC2)cc(OC)c1OC.Cl. The molecule has 3 rings (SSSR count). The third-order valence-corrected chi connectivity index (χ3v) is 5.61. The Balaban J connectivity index is 0.00000341. The number of hydrogen-bond acceptors (Lipinski definition) is 6. The van der Waals surface area contributed by atoms with E-state index in [1.807, 2.05) is 9.80 Å². The van der Waals surface area contributed by atoms with Crippen LogP contribution >= 0.6 is 12.4 Å². The third kappa shape index (κ3) is 6.27. The normalized spacial score (nSPS) is 16.9. The molecule has 9 heteroatoms. The Morgan fingerprint density at radius 2 is 1.45 bits per heavy atom. The Kier molecular flexibility index (Phi) is 9.45. The summed E-state index contributed by atoms with van der Waals surface area (Å²) in [7, 11) is 4.67. The molecule has 0 unspecified atom stereocenters. The minimum atomic E-state index is -0.0470. The number of piperazine rings is 1. The van der Waals surface area contributed by atoms with Crippen LogP contribution in [-0.4, -0.2) is 93.7 Å². The van der Waals surface area contributed by atoms with E-state index in [1.165, 1.54) is 0 Å². The van der Waals surface area contributed by atoms with E-state index in [9.17, 15) is 9.59 Å². The first-order valence-electron chi connectivity index (χ1n) is 10.3. The molecule has 0 aliphatic carbocycles. The minimum absolute atomic E-state index is 0. The van der Waals surface area contributed by atoms with E-state index in [0.717, 1.165) is 31.5 Å². The van der Waals surface area contributed by atoms with Crippen LogP contribution in [0.5, 0.6) is 17.2 Å². The highest BCUT2D eigenvalue weighted by molar-refractivity contribution is 5.92. The van der Waals surface area contributed by atoms with Crippen molar-refractivity contribution < 1.29 is 23.8 Å².